The number of aliphatic hydroxyl groups is 1. The number of piperidine rings is 1. The first-order chi connectivity index (χ1) is 21.9. The van der Waals surface area contributed by atoms with Gasteiger partial charge in [0.1, 0.15) is 17.8 Å². The van der Waals surface area contributed by atoms with Crippen LogP contribution in [0, 0.1) is 11.8 Å². The molecule has 0 saturated carbocycles. The highest BCUT2D eigenvalue weighted by Gasteiger charge is 2.58. The Balaban J connectivity index is 1.25. The molecule has 0 aromatic heterocycles. The quantitative estimate of drug-likeness (QED) is 0.141. The number of epoxide rings is 1. The lowest BCUT2D eigenvalue weighted by Crippen LogP contribution is -2.50. The van der Waals surface area contributed by atoms with Crippen molar-refractivity contribution in [2.24, 2.45) is 11.8 Å². The molecule has 0 aliphatic carbocycles. The van der Waals surface area contributed by atoms with E-state index in [2.05, 4.69) is 23.6 Å². The number of carbonyl (C=O) groups excluding carboxylic acids is 2. The summed E-state index contributed by atoms with van der Waals surface area (Å²) in [7, 11) is 0. The van der Waals surface area contributed by atoms with Crippen molar-refractivity contribution in [3.05, 3.63) is 36.0 Å². The van der Waals surface area contributed by atoms with E-state index in [-0.39, 0.29) is 60.5 Å². The molecule has 4 rings (SSSR count). The van der Waals surface area contributed by atoms with Crippen LogP contribution in [-0.2, 0) is 23.8 Å². The van der Waals surface area contributed by atoms with Gasteiger partial charge in [0.25, 0.3) is 0 Å². The Labute approximate surface area is 273 Å². The maximum atomic E-state index is 12.8. The molecule has 11 nitrogen and oxygen atoms in total. The number of rotatable bonds is 12. The summed E-state index contributed by atoms with van der Waals surface area (Å²) in [6.07, 6.45) is 12.4. The first-order valence-corrected chi connectivity index (χ1v) is 17.1. The van der Waals surface area contributed by atoms with E-state index >= 15 is 0 Å². The van der Waals surface area contributed by atoms with Gasteiger partial charge in [-0.15, -0.1) is 0 Å². The van der Waals surface area contributed by atoms with Gasteiger partial charge in [0.2, 0.25) is 11.8 Å². The van der Waals surface area contributed by atoms with Gasteiger partial charge in [0, 0.05) is 25.6 Å². The minimum atomic E-state index is -0.899. The molecular formula is C35H55N3O8. The number of nitrogens with one attached hydrogen (secondary N) is 2. The van der Waals surface area contributed by atoms with Gasteiger partial charge in [-0.3, -0.25) is 9.59 Å². The Kier molecular flexibility index (Phi) is 12.9. The van der Waals surface area contributed by atoms with E-state index < -0.39 is 23.9 Å². The second-order valence-corrected chi connectivity index (χ2v) is 13.8. The third kappa shape index (κ3) is 9.65. The number of nitrogens with zero attached hydrogens (tertiary/aromatic N) is 1. The third-order valence-electron chi connectivity index (χ3n) is 9.99. The lowest BCUT2D eigenvalue weighted by Gasteiger charge is -2.39. The summed E-state index contributed by atoms with van der Waals surface area (Å²) in [4.78, 5) is 38.2. The molecule has 10 atom stereocenters. The van der Waals surface area contributed by atoms with Crippen LogP contribution in [0.2, 0.25) is 0 Å². The molecule has 4 N–H and O–H groups in total. The number of hydrogen-bond donors (Lipinski definition) is 4. The van der Waals surface area contributed by atoms with E-state index in [4.69, 9.17) is 14.2 Å². The molecule has 4 aliphatic heterocycles. The van der Waals surface area contributed by atoms with Crippen molar-refractivity contribution in [1.29, 1.82) is 0 Å². The molecule has 4 aliphatic rings. The zero-order valence-corrected chi connectivity index (χ0v) is 28.2. The molecule has 11 heteroatoms. The Hall–Kier alpha value is -2.73. The maximum absolute atomic E-state index is 12.8. The zero-order valence-electron chi connectivity index (χ0n) is 28.2. The van der Waals surface area contributed by atoms with E-state index in [0.717, 1.165) is 37.7 Å². The maximum Gasteiger partial charge on any atom is 0.407 e. The van der Waals surface area contributed by atoms with Crippen LogP contribution in [0.3, 0.4) is 0 Å². The van der Waals surface area contributed by atoms with Crippen LogP contribution in [0.5, 0.6) is 0 Å². The third-order valence-corrected chi connectivity index (χ3v) is 9.99. The Morgan fingerprint density at radius 3 is 2.61 bits per heavy atom. The average Bonchev–Trinajstić information content (AvgIpc) is 3.80. The summed E-state index contributed by atoms with van der Waals surface area (Å²) in [5, 5.41) is 26.4. The van der Waals surface area contributed by atoms with Crippen LogP contribution >= 0.6 is 0 Å². The first kappa shape index (κ1) is 36.1. The zero-order chi connectivity index (χ0) is 33.4. The number of ether oxygens (including phenoxy) is 3. The number of likely N-dealkylation sites (tertiary alicyclic amines) is 1. The number of allylic oxidation sites excluding steroid dienone is 2. The van der Waals surface area contributed by atoms with Gasteiger partial charge < -0.3 is 40.0 Å². The molecule has 0 radical (unpaired) electrons. The molecule has 1 unspecified atom stereocenters. The van der Waals surface area contributed by atoms with Gasteiger partial charge in [-0.25, -0.2) is 4.79 Å². The second-order valence-electron chi connectivity index (χ2n) is 13.8. The van der Waals surface area contributed by atoms with Gasteiger partial charge in [-0.2, -0.15) is 0 Å². The fourth-order valence-electron chi connectivity index (χ4n) is 7.02. The topological polar surface area (TPSA) is 150 Å². The lowest BCUT2D eigenvalue weighted by molar-refractivity contribution is -0.145. The van der Waals surface area contributed by atoms with Gasteiger partial charge in [-0.05, 0) is 70.3 Å². The van der Waals surface area contributed by atoms with Crippen molar-refractivity contribution >= 4 is 17.9 Å². The number of carbonyl (C=O) groups is 3. The fourth-order valence-corrected chi connectivity index (χ4v) is 7.02. The molecule has 4 saturated heterocycles. The first-order valence-electron chi connectivity index (χ1n) is 17.1. The summed E-state index contributed by atoms with van der Waals surface area (Å²) in [6, 6.07) is -0.225. The lowest BCUT2D eigenvalue weighted by atomic mass is 9.87. The molecular weight excluding hydrogens is 590 g/mol. The van der Waals surface area contributed by atoms with Crippen LogP contribution in [0.15, 0.2) is 36.0 Å². The molecule has 46 heavy (non-hydrogen) atoms. The Morgan fingerprint density at radius 2 is 1.91 bits per heavy atom. The minimum Gasteiger partial charge on any atom is -0.465 e. The second kappa shape index (κ2) is 16.4. The van der Waals surface area contributed by atoms with E-state index in [1.165, 1.54) is 11.0 Å². The molecule has 0 bridgehead atoms. The van der Waals surface area contributed by atoms with Crippen LogP contribution < -0.4 is 10.6 Å². The minimum absolute atomic E-state index is 0.000960. The monoisotopic (exact) mass is 645 g/mol. The largest absolute Gasteiger partial charge is 0.465 e. The molecule has 0 aromatic carbocycles. The highest BCUT2D eigenvalue weighted by Crippen LogP contribution is 2.43. The van der Waals surface area contributed by atoms with Crippen molar-refractivity contribution in [2.75, 3.05) is 19.7 Å². The highest BCUT2D eigenvalue weighted by molar-refractivity contribution is 5.87. The SMILES string of the molecule is CCCNC(=O)C[C@@H]1C[C@@]2(CO2)[C@H](O)[C@@H](/C=C/C(C)=C/C[C@@H]2O[C@H](C)[C@H](NC(=O)/C=C/C(C)[C@@H]3CCCCN3C(=O)O)C[C@@H]2C)O1. The van der Waals surface area contributed by atoms with Crippen molar-refractivity contribution < 1.29 is 38.8 Å². The fraction of sp³-hybridized carbons (Fsp3) is 0.743. The number of carboxylic acid groups (broad SMARTS) is 1. The summed E-state index contributed by atoms with van der Waals surface area (Å²) >= 11 is 0. The number of hydrogen-bond acceptors (Lipinski definition) is 7. The van der Waals surface area contributed by atoms with Crippen LogP contribution in [0.25, 0.3) is 0 Å². The Bertz CT molecular complexity index is 1150. The molecule has 0 aromatic rings. The van der Waals surface area contributed by atoms with Gasteiger partial charge in [0.15, 0.2) is 0 Å². The average molecular weight is 646 g/mol. The summed E-state index contributed by atoms with van der Waals surface area (Å²) < 4.78 is 18.1. The van der Waals surface area contributed by atoms with Crippen molar-refractivity contribution in [2.45, 2.75) is 134 Å². The van der Waals surface area contributed by atoms with Crippen LogP contribution in [0.1, 0.15) is 86.0 Å². The van der Waals surface area contributed by atoms with E-state index in [0.29, 0.717) is 32.5 Å². The van der Waals surface area contributed by atoms with E-state index in [9.17, 15) is 24.6 Å². The molecule has 1 spiro atoms. The standard InChI is InChI=1S/C35H55N3O8/c1-6-16-36-32(40)19-26-20-35(21-44-35)33(41)30(46-26)14-11-22(2)10-13-29-24(4)18-27(25(5)45-29)37-31(39)15-12-23(3)28-9-7-8-17-38(28)34(42)43/h10-12,14-15,23-30,33,41H,6-9,13,16-21H2,1-5H3,(H,36,40)(H,37,39)(H,42,43)/b14-11+,15-12+,22-10+/t23?,24-,25+,26+,27+,28-,29-,30+,33+,35+/m0/s1. The normalized spacial score (nSPS) is 35.8. The summed E-state index contributed by atoms with van der Waals surface area (Å²) in [5.74, 6) is -0.0704. The van der Waals surface area contributed by atoms with Crippen molar-refractivity contribution in [3.63, 3.8) is 0 Å². The van der Waals surface area contributed by atoms with Gasteiger partial charge >= 0.3 is 6.09 Å². The number of aliphatic hydroxyl groups excluding tert-OH is 1. The van der Waals surface area contributed by atoms with Gasteiger partial charge in [0.05, 0.1) is 37.4 Å². The molecule has 4 heterocycles. The molecule has 4 fully saturated rings. The van der Waals surface area contributed by atoms with Crippen molar-refractivity contribution in [1.82, 2.24) is 15.5 Å². The van der Waals surface area contributed by atoms with Gasteiger partial charge in [-0.1, -0.05) is 50.6 Å². The van der Waals surface area contributed by atoms with E-state index in [1.54, 1.807) is 0 Å². The molecule has 3 amide bonds. The highest BCUT2D eigenvalue weighted by atomic mass is 16.6. The van der Waals surface area contributed by atoms with Crippen LogP contribution in [-0.4, -0.2) is 101 Å². The Morgan fingerprint density at radius 1 is 1.15 bits per heavy atom. The van der Waals surface area contributed by atoms with E-state index in [1.807, 2.05) is 45.9 Å². The van der Waals surface area contributed by atoms with Crippen molar-refractivity contribution in [3.8, 4) is 0 Å². The molecule has 258 valence electrons. The summed E-state index contributed by atoms with van der Waals surface area (Å²) in [5.41, 5.74) is 0.390. The predicted octanol–water partition coefficient (Wildman–Crippen LogP) is 4.11. The predicted molar refractivity (Wildman–Crippen MR) is 174 cm³/mol. The number of amides is 3. The smallest absolute Gasteiger partial charge is 0.407 e. The van der Waals surface area contributed by atoms with Crippen LogP contribution in [0.4, 0.5) is 4.79 Å². The summed E-state index contributed by atoms with van der Waals surface area (Å²) in [6.45, 7) is 11.7.